The minimum absolute atomic E-state index is 0.0621. The van der Waals surface area contributed by atoms with Gasteiger partial charge < -0.3 is 10.2 Å². The van der Waals surface area contributed by atoms with Gasteiger partial charge in [0.25, 0.3) is 0 Å². The van der Waals surface area contributed by atoms with Crippen LogP contribution in [0.3, 0.4) is 0 Å². The van der Waals surface area contributed by atoms with Crippen LogP contribution in [0.15, 0.2) is 48.7 Å². The fraction of sp³-hybridized carbons (Fsp3) is 0.429. The average molecular weight is 352 g/mol. The van der Waals surface area contributed by atoms with Gasteiger partial charge in [-0.1, -0.05) is 38.1 Å². The van der Waals surface area contributed by atoms with Crippen molar-refractivity contribution >= 4 is 17.4 Å². The number of rotatable bonds is 6. The number of carbonyl (C=O) groups is 1. The number of piperazine rings is 1. The summed E-state index contributed by atoms with van der Waals surface area (Å²) in [5, 5.41) is 3.11. The molecule has 138 valence electrons. The number of benzene rings is 1. The number of hydrogen-bond acceptors (Lipinski definition) is 4. The second-order valence-electron chi connectivity index (χ2n) is 6.90. The van der Waals surface area contributed by atoms with Gasteiger partial charge in [0.15, 0.2) is 0 Å². The number of nitrogens with zero attached hydrogens (tertiary/aromatic N) is 3. The number of aromatic nitrogens is 1. The minimum atomic E-state index is 0.0621. The number of anilines is 2. The first-order valence-corrected chi connectivity index (χ1v) is 9.44. The summed E-state index contributed by atoms with van der Waals surface area (Å²) in [6.45, 7) is 8.34. The number of amides is 1. The highest BCUT2D eigenvalue weighted by atomic mass is 16.2. The number of carbonyl (C=O) groups excluding carboxylic acids is 1. The van der Waals surface area contributed by atoms with Crippen LogP contribution in [-0.4, -0.2) is 48.5 Å². The second kappa shape index (κ2) is 8.81. The summed E-state index contributed by atoms with van der Waals surface area (Å²) in [6, 6.07) is 14.1. The normalized spacial score (nSPS) is 16.3. The van der Waals surface area contributed by atoms with Crippen molar-refractivity contribution in [3.63, 3.8) is 0 Å². The monoisotopic (exact) mass is 352 g/mol. The maximum absolute atomic E-state index is 12.5. The molecular formula is C21H28N4O. The van der Waals surface area contributed by atoms with Crippen molar-refractivity contribution in [3.8, 4) is 0 Å². The fourth-order valence-electron chi connectivity index (χ4n) is 3.33. The zero-order chi connectivity index (χ0) is 18.4. The molecule has 1 aromatic carbocycles. The van der Waals surface area contributed by atoms with Gasteiger partial charge in [-0.15, -0.1) is 0 Å². The zero-order valence-corrected chi connectivity index (χ0v) is 15.7. The van der Waals surface area contributed by atoms with Crippen molar-refractivity contribution in [2.24, 2.45) is 0 Å². The van der Waals surface area contributed by atoms with Gasteiger partial charge in [-0.2, -0.15) is 0 Å². The summed E-state index contributed by atoms with van der Waals surface area (Å²) in [7, 11) is 0. The van der Waals surface area contributed by atoms with Crippen LogP contribution in [0.2, 0.25) is 0 Å². The molecule has 1 saturated heterocycles. The van der Waals surface area contributed by atoms with E-state index >= 15 is 0 Å². The summed E-state index contributed by atoms with van der Waals surface area (Å²) < 4.78 is 0. The molecule has 26 heavy (non-hydrogen) atoms. The first kappa shape index (κ1) is 18.4. The third kappa shape index (κ3) is 4.61. The maximum Gasteiger partial charge on any atom is 0.238 e. The van der Waals surface area contributed by atoms with E-state index in [2.05, 4.69) is 40.0 Å². The van der Waals surface area contributed by atoms with Gasteiger partial charge in [0.2, 0.25) is 5.91 Å². The van der Waals surface area contributed by atoms with Crippen LogP contribution in [0.4, 0.5) is 11.5 Å². The van der Waals surface area contributed by atoms with Crippen molar-refractivity contribution in [1.29, 1.82) is 0 Å². The molecule has 2 heterocycles. The molecule has 3 rings (SSSR count). The lowest BCUT2D eigenvalue weighted by molar-refractivity contribution is -0.117. The predicted molar refractivity (Wildman–Crippen MR) is 107 cm³/mol. The van der Waals surface area contributed by atoms with E-state index in [1.807, 2.05) is 42.6 Å². The van der Waals surface area contributed by atoms with Crippen LogP contribution >= 0.6 is 0 Å². The molecule has 0 radical (unpaired) electrons. The van der Waals surface area contributed by atoms with E-state index in [1.165, 1.54) is 5.56 Å². The number of para-hydroxylation sites is 1. The van der Waals surface area contributed by atoms with E-state index in [0.717, 1.165) is 44.1 Å². The Hall–Kier alpha value is -2.40. The Kier molecular flexibility index (Phi) is 6.23. The third-order valence-corrected chi connectivity index (χ3v) is 5.09. The van der Waals surface area contributed by atoms with Crippen molar-refractivity contribution in [2.75, 3.05) is 42.9 Å². The fourth-order valence-corrected chi connectivity index (χ4v) is 3.33. The summed E-state index contributed by atoms with van der Waals surface area (Å²) in [5.74, 6) is 1.51. The van der Waals surface area contributed by atoms with Gasteiger partial charge in [-0.25, -0.2) is 4.98 Å². The molecular weight excluding hydrogens is 324 g/mol. The minimum Gasteiger partial charge on any atom is -0.354 e. The van der Waals surface area contributed by atoms with Crippen molar-refractivity contribution in [1.82, 2.24) is 9.88 Å². The summed E-state index contributed by atoms with van der Waals surface area (Å²) >= 11 is 0. The topological polar surface area (TPSA) is 48.5 Å². The number of hydrogen-bond donors (Lipinski definition) is 1. The Bertz CT molecular complexity index is 711. The van der Waals surface area contributed by atoms with Crippen molar-refractivity contribution in [2.45, 2.75) is 26.2 Å². The van der Waals surface area contributed by atoms with Gasteiger partial charge in [-0.3, -0.25) is 9.69 Å². The molecule has 0 spiro atoms. The molecule has 5 nitrogen and oxygen atoms in total. The van der Waals surface area contributed by atoms with Crippen LogP contribution < -0.4 is 10.2 Å². The molecule has 1 N–H and O–H groups in total. The van der Waals surface area contributed by atoms with E-state index in [0.29, 0.717) is 12.5 Å². The maximum atomic E-state index is 12.5. The third-order valence-electron chi connectivity index (χ3n) is 5.09. The van der Waals surface area contributed by atoms with Crippen LogP contribution in [0, 0.1) is 0 Å². The molecule has 1 fully saturated rings. The Morgan fingerprint density at radius 3 is 2.54 bits per heavy atom. The SMILES string of the molecule is CC[C@H](C)c1ccccc1NC(=O)CN1CCN(c2ccccn2)CC1. The van der Waals surface area contributed by atoms with E-state index in [9.17, 15) is 4.79 Å². The highest BCUT2D eigenvalue weighted by molar-refractivity contribution is 5.93. The highest BCUT2D eigenvalue weighted by Crippen LogP contribution is 2.26. The molecule has 0 bridgehead atoms. The Morgan fingerprint density at radius 2 is 1.85 bits per heavy atom. The zero-order valence-electron chi connectivity index (χ0n) is 15.7. The number of pyridine rings is 1. The van der Waals surface area contributed by atoms with Crippen LogP contribution in [-0.2, 0) is 4.79 Å². The quantitative estimate of drug-likeness (QED) is 0.866. The van der Waals surface area contributed by atoms with Gasteiger partial charge in [0.1, 0.15) is 5.82 Å². The summed E-state index contributed by atoms with van der Waals surface area (Å²) in [5.41, 5.74) is 2.15. The standard InChI is InChI=1S/C21H28N4O/c1-3-17(2)18-8-4-5-9-19(18)23-21(26)16-24-12-14-25(15-13-24)20-10-6-7-11-22-20/h4-11,17H,3,12-16H2,1-2H3,(H,23,26)/t17-/m0/s1. The van der Waals surface area contributed by atoms with Gasteiger partial charge in [-0.05, 0) is 36.1 Å². The van der Waals surface area contributed by atoms with Crippen molar-refractivity contribution in [3.05, 3.63) is 54.2 Å². The summed E-state index contributed by atoms with van der Waals surface area (Å²) in [4.78, 5) is 21.4. The molecule has 2 aromatic rings. The van der Waals surface area contributed by atoms with Gasteiger partial charge >= 0.3 is 0 Å². The van der Waals surface area contributed by atoms with E-state index < -0.39 is 0 Å². The predicted octanol–water partition coefficient (Wildman–Crippen LogP) is 3.36. The lowest BCUT2D eigenvalue weighted by Gasteiger charge is -2.35. The van der Waals surface area contributed by atoms with Gasteiger partial charge in [0, 0.05) is 38.1 Å². The average Bonchev–Trinajstić information content (AvgIpc) is 2.69. The molecule has 1 aliphatic heterocycles. The molecule has 0 aliphatic carbocycles. The molecule has 1 aromatic heterocycles. The first-order chi connectivity index (χ1) is 12.7. The van der Waals surface area contributed by atoms with Crippen LogP contribution in [0.1, 0.15) is 31.7 Å². The highest BCUT2D eigenvalue weighted by Gasteiger charge is 2.20. The number of nitrogens with one attached hydrogen (secondary N) is 1. The second-order valence-corrected chi connectivity index (χ2v) is 6.90. The Balaban J connectivity index is 1.52. The van der Waals surface area contributed by atoms with Crippen molar-refractivity contribution < 1.29 is 4.79 Å². The van der Waals surface area contributed by atoms with E-state index in [4.69, 9.17) is 0 Å². The Labute approximate surface area is 156 Å². The summed E-state index contributed by atoms with van der Waals surface area (Å²) in [6.07, 6.45) is 2.88. The van der Waals surface area contributed by atoms with Gasteiger partial charge in [0.05, 0.1) is 6.54 Å². The lowest BCUT2D eigenvalue weighted by Crippen LogP contribution is -2.48. The lowest BCUT2D eigenvalue weighted by atomic mass is 9.97. The first-order valence-electron chi connectivity index (χ1n) is 9.44. The van der Waals surface area contributed by atoms with E-state index in [-0.39, 0.29) is 5.91 Å². The van der Waals surface area contributed by atoms with Crippen LogP contribution in [0.5, 0.6) is 0 Å². The van der Waals surface area contributed by atoms with Crippen LogP contribution in [0.25, 0.3) is 0 Å². The molecule has 5 heteroatoms. The molecule has 1 aliphatic rings. The largest absolute Gasteiger partial charge is 0.354 e. The Morgan fingerprint density at radius 1 is 1.12 bits per heavy atom. The molecule has 1 atom stereocenters. The molecule has 0 saturated carbocycles. The molecule has 1 amide bonds. The smallest absolute Gasteiger partial charge is 0.238 e. The van der Waals surface area contributed by atoms with E-state index in [1.54, 1.807) is 0 Å². The molecule has 0 unspecified atom stereocenters.